The molecule has 5 nitrogen and oxygen atoms in total. The number of hydrogen-bond acceptors (Lipinski definition) is 3. The Morgan fingerprint density at radius 2 is 2.00 bits per heavy atom. The van der Waals surface area contributed by atoms with Crippen LogP contribution in [-0.2, 0) is 16.0 Å². The first-order chi connectivity index (χ1) is 11.5. The van der Waals surface area contributed by atoms with Crippen LogP contribution in [0.2, 0.25) is 0 Å². The molecular formula is C19H25NO4. The third-order valence-corrected chi connectivity index (χ3v) is 4.09. The first-order valence-corrected chi connectivity index (χ1v) is 8.47. The van der Waals surface area contributed by atoms with Crippen LogP contribution in [0.5, 0.6) is 5.75 Å². The zero-order chi connectivity index (χ0) is 17.4. The number of hydrogen-bond donors (Lipinski definition) is 2. The minimum absolute atomic E-state index is 0.0217. The van der Waals surface area contributed by atoms with Gasteiger partial charge >= 0.3 is 5.97 Å². The van der Waals surface area contributed by atoms with Crippen molar-refractivity contribution >= 4 is 11.9 Å². The number of amides is 1. The number of benzene rings is 1. The average molecular weight is 331 g/mol. The molecule has 0 fully saturated rings. The standard InChI is InChI=1S/C19H25NO4/c1-14(19(23)20-12-11-15-5-3-2-4-6-15)24-17-9-7-16(8-10-17)13-18(21)22/h5,7-10,14H,2-4,6,11-13H2,1H3,(H,20,23)(H,21,22). The van der Waals surface area contributed by atoms with Crippen LogP contribution >= 0.6 is 0 Å². The van der Waals surface area contributed by atoms with Crippen molar-refractivity contribution in [2.45, 2.75) is 51.6 Å². The van der Waals surface area contributed by atoms with E-state index >= 15 is 0 Å². The number of aliphatic carboxylic acids is 1. The maximum Gasteiger partial charge on any atom is 0.307 e. The van der Waals surface area contributed by atoms with Crippen molar-refractivity contribution in [2.24, 2.45) is 0 Å². The Morgan fingerprint density at radius 1 is 1.25 bits per heavy atom. The molecule has 0 heterocycles. The molecule has 0 aliphatic heterocycles. The first-order valence-electron chi connectivity index (χ1n) is 8.47. The zero-order valence-electron chi connectivity index (χ0n) is 14.1. The van der Waals surface area contributed by atoms with Gasteiger partial charge in [0.15, 0.2) is 6.10 Å². The van der Waals surface area contributed by atoms with E-state index in [1.54, 1.807) is 31.2 Å². The molecule has 1 aliphatic rings. The van der Waals surface area contributed by atoms with Crippen LogP contribution < -0.4 is 10.1 Å². The van der Waals surface area contributed by atoms with E-state index in [4.69, 9.17) is 9.84 Å². The summed E-state index contributed by atoms with van der Waals surface area (Å²) in [5.41, 5.74) is 2.14. The number of carboxylic acids is 1. The van der Waals surface area contributed by atoms with E-state index < -0.39 is 12.1 Å². The van der Waals surface area contributed by atoms with Crippen molar-refractivity contribution < 1.29 is 19.4 Å². The van der Waals surface area contributed by atoms with Crippen molar-refractivity contribution in [3.05, 3.63) is 41.5 Å². The summed E-state index contributed by atoms with van der Waals surface area (Å²) in [7, 11) is 0. The average Bonchev–Trinajstić information content (AvgIpc) is 2.57. The predicted octanol–water partition coefficient (Wildman–Crippen LogP) is 3.09. The van der Waals surface area contributed by atoms with Crippen molar-refractivity contribution in [3.63, 3.8) is 0 Å². The van der Waals surface area contributed by atoms with E-state index in [1.165, 1.54) is 18.4 Å². The summed E-state index contributed by atoms with van der Waals surface area (Å²) in [5.74, 6) is -0.452. The van der Waals surface area contributed by atoms with E-state index in [1.807, 2.05) is 0 Å². The van der Waals surface area contributed by atoms with E-state index in [0.717, 1.165) is 19.3 Å². The molecule has 1 amide bonds. The summed E-state index contributed by atoms with van der Waals surface area (Å²) in [6.45, 7) is 2.34. The van der Waals surface area contributed by atoms with Crippen LogP contribution in [0.15, 0.2) is 35.9 Å². The lowest BCUT2D eigenvalue weighted by Crippen LogP contribution is -2.36. The lowest BCUT2D eigenvalue weighted by Gasteiger charge is -2.16. The zero-order valence-corrected chi connectivity index (χ0v) is 14.1. The molecule has 2 N–H and O–H groups in total. The molecule has 1 aliphatic carbocycles. The Labute approximate surface area is 142 Å². The molecule has 1 unspecified atom stereocenters. The molecule has 0 radical (unpaired) electrons. The SMILES string of the molecule is CC(Oc1ccc(CC(=O)O)cc1)C(=O)NCCC1=CCCCC1. The van der Waals surface area contributed by atoms with Gasteiger partial charge in [-0.1, -0.05) is 23.8 Å². The molecule has 0 bridgehead atoms. The smallest absolute Gasteiger partial charge is 0.307 e. The number of rotatable bonds is 8. The van der Waals surface area contributed by atoms with Crippen molar-refractivity contribution in [3.8, 4) is 5.75 Å². The van der Waals surface area contributed by atoms with Gasteiger partial charge in [-0.15, -0.1) is 0 Å². The number of carboxylic acid groups (broad SMARTS) is 1. The Hall–Kier alpha value is -2.30. The number of ether oxygens (including phenoxy) is 1. The molecule has 1 aromatic carbocycles. The molecule has 2 rings (SSSR count). The highest BCUT2D eigenvalue weighted by Crippen LogP contribution is 2.19. The summed E-state index contributed by atoms with van der Waals surface area (Å²) < 4.78 is 5.60. The predicted molar refractivity (Wildman–Crippen MR) is 92.0 cm³/mol. The second-order valence-electron chi connectivity index (χ2n) is 6.12. The van der Waals surface area contributed by atoms with Gasteiger partial charge in [0.1, 0.15) is 5.75 Å². The monoisotopic (exact) mass is 331 g/mol. The van der Waals surface area contributed by atoms with Crippen LogP contribution in [0.3, 0.4) is 0 Å². The van der Waals surface area contributed by atoms with Crippen LogP contribution in [0.25, 0.3) is 0 Å². The molecule has 0 aromatic heterocycles. The maximum atomic E-state index is 12.1. The van der Waals surface area contributed by atoms with Gasteiger partial charge in [-0.05, 0) is 56.7 Å². The summed E-state index contributed by atoms with van der Waals surface area (Å²) in [6.07, 6.45) is 7.40. The molecule has 0 saturated carbocycles. The molecule has 130 valence electrons. The number of carbonyl (C=O) groups excluding carboxylic acids is 1. The van der Waals surface area contributed by atoms with Gasteiger partial charge in [-0.2, -0.15) is 0 Å². The molecule has 1 atom stereocenters. The minimum atomic E-state index is -0.871. The molecule has 0 saturated heterocycles. The van der Waals surface area contributed by atoms with Crippen molar-refractivity contribution in [1.29, 1.82) is 0 Å². The molecule has 1 aromatic rings. The normalized spacial score (nSPS) is 15.3. The lowest BCUT2D eigenvalue weighted by atomic mass is 9.97. The highest BCUT2D eigenvalue weighted by atomic mass is 16.5. The van der Waals surface area contributed by atoms with Crippen molar-refractivity contribution in [1.82, 2.24) is 5.32 Å². The van der Waals surface area contributed by atoms with E-state index in [-0.39, 0.29) is 12.3 Å². The van der Waals surface area contributed by atoms with Gasteiger partial charge in [-0.25, -0.2) is 0 Å². The summed E-state index contributed by atoms with van der Waals surface area (Å²) in [4.78, 5) is 22.7. The molecule has 0 spiro atoms. The van der Waals surface area contributed by atoms with E-state index in [9.17, 15) is 9.59 Å². The Bertz CT molecular complexity index is 592. The fraction of sp³-hybridized carbons (Fsp3) is 0.474. The Morgan fingerprint density at radius 3 is 2.62 bits per heavy atom. The van der Waals surface area contributed by atoms with Crippen molar-refractivity contribution in [2.75, 3.05) is 6.54 Å². The number of allylic oxidation sites excluding steroid dienone is 1. The second-order valence-corrected chi connectivity index (χ2v) is 6.12. The summed E-state index contributed by atoms with van der Waals surface area (Å²) >= 11 is 0. The van der Waals surface area contributed by atoms with Crippen LogP contribution in [0.1, 0.15) is 44.6 Å². The molecule has 24 heavy (non-hydrogen) atoms. The van der Waals surface area contributed by atoms with Gasteiger partial charge in [0.2, 0.25) is 0 Å². The quantitative estimate of drug-likeness (QED) is 0.718. The Kier molecular flexibility index (Phi) is 6.85. The highest BCUT2D eigenvalue weighted by Gasteiger charge is 2.14. The van der Waals surface area contributed by atoms with Gasteiger partial charge < -0.3 is 15.2 Å². The third kappa shape index (κ3) is 6.07. The number of nitrogens with one attached hydrogen (secondary N) is 1. The topological polar surface area (TPSA) is 75.6 Å². The first kappa shape index (κ1) is 18.0. The number of carbonyl (C=O) groups is 2. The second kappa shape index (κ2) is 9.11. The maximum absolute atomic E-state index is 12.1. The minimum Gasteiger partial charge on any atom is -0.481 e. The van der Waals surface area contributed by atoms with Gasteiger partial charge in [0.25, 0.3) is 5.91 Å². The van der Waals surface area contributed by atoms with Gasteiger partial charge in [-0.3, -0.25) is 9.59 Å². The van der Waals surface area contributed by atoms with Crippen LogP contribution in [-0.4, -0.2) is 29.6 Å². The third-order valence-electron chi connectivity index (χ3n) is 4.09. The lowest BCUT2D eigenvalue weighted by molar-refractivity contribution is -0.136. The van der Waals surface area contributed by atoms with Crippen LogP contribution in [0.4, 0.5) is 0 Å². The molecular weight excluding hydrogens is 306 g/mol. The van der Waals surface area contributed by atoms with Crippen LogP contribution in [0, 0.1) is 0 Å². The van der Waals surface area contributed by atoms with Gasteiger partial charge in [0.05, 0.1) is 6.42 Å². The van der Waals surface area contributed by atoms with E-state index in [0.29, 0.717) is 17.9 Å². The van der Waals surface area contributed by atoms with E-state index in [2.05, 4.69) is 11.4 Å². The largest absolute Gasteiger partial charge is 0.481 e. The fourth-order valence-corrected chi connectivity index (χ4v) is 2.74. The van der Waals surface area contributed by atoms with Gasteiger partial charge in [0, 0.05) is 6.54 Å². The summed E-state index contributed by atoms with van der Waals surface area (Å²) in [6, 6.07) is 6.77. The molecule has 5 heteroatoms. The summed E-state index contributed by atoms with van der Waals surface area (Å²) in [5, 5.41) is 11.6. The highest BCUT2D eigenvalue weighted by molar-refractivity contribution is 5.80. The Balaban J connectivity index is 1.74. The fourth-order valence-electron chi connectivity index (χ4n) is 2.74.